The van der Waals surface area contributed by atoms with Gasteiger partial charge in [0.2, 0.25) is 0 Å². The highest BCUT2D eigenvalue weighted by molar-refractivity contribution is 5.99. The monoisotopic (exact) mass is 280 g/mol. The summed E-state index contributed by atoms with van der Waals surface area (Å²) in [5.74, 6) is -0.115. The Morgan fingerprint density at radius 3 is 2.80 bits per heavy atom. The molecule has 0 heterocycles. The second-order valence-corrected chi connectivity index (χ2v) is 4.87. The highest BCUT2D eigenvalue weighted by Crippen LogP contribution is 2.19. The second kappa shape index (κ2) is 7.87. The lowest BCUT2D eigenvalue weighted by Gasteiger charge is -2.22. The van der Waals surface area contributed by atoms with Gasteiger partial charge in [0.05, 0.1) is 18.3 Å². The molecule has 0 saturated heterocycles. The third-order valence-corrected chi connectivity index (χ3v) is 2.96. The van der Waals surface area contributed by atoms with Crippen LogP contribution in [0.15, 0.2) is 18.2 Å². The molecule has 0 fully saturated rings. The zero-order valence-electron chi connectivity index (χ0n) is 12.6. The van der Waals surface area contributed by atoms with E-state index in [1.165, 1.54) is 12.0 Å². The number of likely N-dealkylation sites (N-methyl/N-ethyl adjacent to an activating group) is 1. The summed E-state index contributed by atoms with van der Waals surface area (Å²) in [5.41, 5.74) is 2.54. The van der Waals surface area contributed by atoms with Gasteiger partial charge in [-0.2, -0.15) is 0 Å². The minimum absolute atomic E-state index is 0.115. The molecule has 5 nitrogen and oxygen atoms in total. The third kappa shape index (κ3) is 4.51. The third-order valence-electron chi connectivity index (χ3n) is 2.96. The lowest BCUT2D eigenvalue weighted by atomic mass is 10.1. The predicted octanol–water partition coefficient (Wildman–Crippen LogP) is 1.51. The topological polar surface area (TPSA) is 61.8 Å². The van der Waals surface area contributed by atoms with Gasteiger partial charge in [-0.15, -0.1) is 0 Å². The number of benzene rings is 1. The van der Waals surface area contributed by atoms with Gasteiger partial charge < -0.3 is 20.1 Å². The standard InChI is InChI=1S/C15H24N2O3/c1-5-16-14-8-11(2)6-7-13(14)15(19)17(3)9-12(18)10-20-4/h6-8,12,16,18H,5,9-10H2,1-4H3. The van der Waals surface area contributed by atoms with E-state index in [-0.39, 0.29) is 19.1 Å². The molecule has 20 heavy (non-hydrogen) atoms. The van der Waals surface area contributed by atoms with Gasteiger partial charge in [-0.1, -0.05) is 6.07 Å². The molecule has 0 radical (unpaired) electrons. The Bertz CT molecular complexity index is 449. The largest absolute Gasteiger partial charge is 0.389 e. The normalized spacial score (nSPS) is 12.1. The van der Waals surface area contributed by atoms with Crippen molar-refractivity contribution in [3.63, 3.8) is 0 Å². The van der Waals surface area contributed by atoms with Crippen molar-refractivity contribution in [2.45, 2.75) is 20.0 Å². The number of nitrogens with one attached hydrogen (secondary N) is 1. The molecule has 0 spiro atoms. The van der Waals surface area contributed by atoms with Crippen molar-refractivity contribution in [3.05, 3.63) is 29.3 Å². The Morgan fingerprint density at radius 2 is 2.20 bits per heavy atom. The van der Waals surface area contributed by atoms with Crippen LogP contribution in [0, 0.1) is 6.92 Å². The van der Waals surface area contributed by atoms with Gasteiger partial charge in [-0.05, 0) is 31.5 Å². The number of rotatable bonds is 7. The zero-order chi connectivity index (χ0) is 15.1. The number of hydrogen-bond donors (Lipinski definition) is 2. The van der Waals surface area contributed by atoms with Crippen LogP contribution in [0.4, 0.5) is 5.69 Å². The molecule has 112 valence electrons. The predicted molar refractivity (Wildman–Crippen MR) is 80.2 cm³/mol. The number of anilines is 1. The van der Waals surface area contributed by atoms with Crippen LogP contribution in [0.2, 0.25) is 0 Å². The number of aliphatic hydroxyl groups is 1. The molecule has 0 aliphatic heterocycles. The molecule has 1 amide bonds. The van der Waals surface area contributed by atoms with Crippen molar-refractivity contribution in [1.82, 2.24) is 4.90 Å². The number of carbonyl (C=O) groups excluding carboxylic acids is 1. The molecular formula is C15H24N2O3. The fourth-order valence-electron chi connectivity index (χ4n) is 2.03. The van der Waals surface area contributed by atoms with E-state index < -0.39 is 6.10 Å². The quantitative estimate of drug-likeness (QED) is 0.794. The van der Waals surface area contributed by atoms with E-state index in [1.54, 1.807) is 7.05 Å². The van der Waals surface area contributed by atoms with E-state index in [1.807, 2.05) is 32.0 Å². The fraction of sp³-hybridized carbons (Fsp3) is 0.533. The first-order valence-electron chi connectivity index (χ1n) is 6.76. The summed E-state index contributed by atoms with van der Waals surface area (Å²) in [6.07, 6.45) is -0.679. The Hall–Kier alpha value is -1.59. The average Bonchev–Trinajstić information content (AvgIpc) is 2.38. The molecule has 2 N–H and O–H groups in total. The first-order chi connectivity index (χ1) is 9.49. The molecule has 0 saturated carbocycles. The molecule has 1 aromatic rings. The van der Waals surface area contributed by atoms with Crippen LogP contribution in [0.5, 0.6) is 0 Å². The number of nitrogens with zero attached hydrogens (tertiary/aromatic N) is 1. The Labute approximate surface area is 120 Å². The molecule has 5 heteroatoms. The molecular weight excluding hydrogens is 256 g/mol. The summed E-state index contributed by atoms with van der Waals surface area (Å²) >= 11 is 0. The molecule has 1 rings (SSSR count). The van der Waals surface area contributed by atoms with E-state index in [2.05, 4.69) is 5.32 Å². The summed E-state index contributed by atoms with van der Waals surface area (Å²) in [7, 11) is 3.20. The van der Waals surface area contributed by atoms with Crippen molar-refractivity contribution in [2.75, 3.05) is 39.2 Å². The van der Waals surface area contributed by atoms with E-state index in [4.69, 9.17) is 4.74 Å². The van der Waals surface area contributed by atoms with Crippen molar-refractivity contribution >= 4 is 11.6 Å². The van der Waals surface area contributed by atoms with Crippen LogP contribution in [0.25, 0.3) is 0 Å². The summed E-state index contributed by atoms with van der Waals surface area (Å²) in [5, 5.41) is 12.9. The van der Waals surface area contributed by atoms with Gasteiger partial charge in [-0.3, -0.25) is 4.79 Å². The maximum Gasteiger partial charge on any atom is 0.255 e. The Morgan fingerprint density at radius 1 is 1.50 bits per heavy atom. The summed E-state index contributed by atoms with van der Waals surface area (Å²) < 4.78 is 4.87. The summed E-state index contributed by atoms with van der Waals surface area (Å²) in [6, 6.07) is 5.68. The van der Waals surface area contributed by atoms with Crippen LogP contribution in [0.1, 0.15) is 22.8 Å². The van der Waals surface area contributed by atoms with Crippen LogP contribution in [0.3, 0.4) is 0 Å². The van der Waals surface area contributed by atoms with E-state index >= 15 is 0 Å². The smallest absolute Gasteiger partial charge is 0.255 e. The molecule has 1 atom stereocenters. The summed E-state index contributed by atoms with van der Waals surface area (Å²) in [6.45, 7) is 5.18. The minimum Gasteiger partial charge on any atom is -0.389 e. The van der Waals surface area contributed by atoms with E-state index in [0.29, 0.717) is 5.56 Å². The number of aryl methyl sites for hydroxylation is 1. The Balaban J connectivity index is 2.85. The molecule has 0 aliphatic rings. The van der Waals surface area contributed by atoms with Gasteiger partial charge in [0, 0.05) is 32.9 Å². The number of methoxy groups -OCH3 is 1. The summed E-state index contributed by atoms with van der Waals surface area (Å²) in [4.78, 5) is 13.9. The van der Waals surface area contributed by atoms with Crippen LogP contribution in [-0.4, -0.2) is 55.9 Å². The van der Waals surface area contributed by atoms with Crippen LogP contribution >= 0.6 is 0 Å². The van der Waals surface area contributed by atoms with Crippen molar-refractivity contribution in [3.8, 4) is 0 Å². The number of aliphatic hydroxyl groups excluding tert-OH is 1. The number of hydrogen-bond acceptors (Lipinski definition) is 4. The molecule has 1 unspecified atom stereocenters. The highest BCUT2D eigenvalue weighted by atomic mass is 16.5. The molecule has 1 aromatic carbocycles. The van der Waals surface area contributed by atoms with Crippen LogP contribution < -0.4 is 5.32 Å². The lowest BCUT2D eigenvalue weighted by molar-refractivity contribution is 0.0380. The number of ether oxygens (including phenoxy) is 1. The molecule has 0 aromatic heterocycles. The fourth-order valence-corrected chi connectivity index (χ4v) is 2.03. The zero-order valence-corrected chi connectivity index (χ0v) is 12.6. The second-order valence-electron chi connectivity index (χ2n) is 4.87. The SMILES string of the molecule is CCNc1cc(C)ccc1C(=O)N(C)CC(O)COC. The Kier molecular flexibility index (Phi) is 6.48. The van der Waals surface area contributed by atoms with Crippen LogP contribution in [-0.2, 0) is 4.74 Å². The minimum atomic E-state index is -0.679. The van der Waals surface area contributed by atoms with Crippen molar-refractivity contribution < 1.29 is 14.6 Å². The molecule has 0 aliphatic carbocycles. The van der Waals surface area contributed by atoms with Crippen molar-refractivity contribution in [2.24, 2.45) is 0 Å². The van der Waals surface area contributed by atoms with Gasteiger partial charge >= 0.3 is 0 Å². The van der Waals surface area contributed by atoms with E-state index in [9.17, 15) is 9.90 Å². The van der Waals surface area contributed by atoms with Gasteiger partial charge in [-0.25, -0.2) is 0 Å². The molecule has 0 bridgehead atoms. The average molecular weight is 280 g/mol. The van der Waals surface area contributed by atoms with E-state index in [0.717, 1.165) is 17.8 Å². The van der Waals surface area contributed by atoms with Gasteiger partial charge in [0.15, 0.2) is 0 Å². The van der Waals surface area contributed by atoms with Crippen molar-refractivity contribution in [1.29, 1.82) is 0 Å². The first kappa shape index (κ1) is 16.5. The number of carbonyl (C=O) groups is 1. The maximum absolute atomic E-state index is 12.4. The van der Waals surface area contributed by atoms with Gasteiger partial charge in [0.1, 0.15) is 0 Å². The highest BCUT2D eigenvalue weighted by Gasteiger charge is 2.18. The maximum atomic E-state index is 12.4. The first-order valence-corrected chi connectivity index (χ1v) is 6.76. The number of amides is 1. The van der Waals surface area contributed by atoms with Gasteiger partial charge in [0.25, 0.3) is 5.91 Å². The lowest BCUT2D eigenvalue weighted by Crippen LogP contribution is -2.36.